The third-order valence-electron chi connectivity index (χ3n) is 5.06. The normalized spacial score (nSPS) is 15.2. The molecule has 2 aromatic carbocycles. The van der Waals surface area contributed by atoms with Crippen LogP contribution in [-0.4, -0.2) is 31.4 Å². The van der Waals surface area contributed by atoms with Crippen molar-refractivity contribution in [1.29, 1.82) is 5.41 Å². The number of hydrogen-bond donors (Lipinski definition) is 3. The van der Waals surface area contributed by atoms with Gasteiger partial charge in [-0.05, 0) is 34.5 Å². The summed E-state index contributed by atoms with van der Waals surface area (Å²) in [7, 11) is 0. The summed E-state index contributed by atoms with van der Waals surface area (Å²) >= 11 is 2.43. The molecule has 9 heteroatoms. The standard InChI is InChI=1S/C23H17N5O2S2/c24-22-28(23-25-9-10-31-23)21(30)19(32-22)11-17-12-26-27-20(17)15-7-5-14(6-8-15)18-4-2-1-3-16(18)13-29/h1-12,24,29H,13H2,(H,26,27)/b19-11-,24-22?. The van der Waals surface area contributed by atoms with Crippen LogP contribution in [0, 0.1) is 5.41 Å². The average Bonchev–Trinajstić information content (AvgIpc) is 3.56. The molecule has 0 atom stereocenters. The van der Waals surface area contributed by atoms with E-state index in [0.29, 0.717) is 10.0 Å². The van der Waals surface area contributed by atoms with Gasteiger partial charge in [-0.2, -0.15) is 5.10 Å². The fraction of sp³-hybridized carbons (Fsp3) is 0.0435. The zero-order valence-electron chi connectivity index (χ0n) is 16.6. The van der Waals surface area contributed by atoms with Crippen LogP contribution < -0.4 is 4.90 Å². The summed E-state index contributed by atoms with van der Waals surface area (Å²) in [6, 6.07) is 15.7. The number of thioether (sulfide) groups is 1. The molecule has 0 saturated carbocycles. The molecule has 4 aromatic rings. The number of hydrogen-bond acceptors (Lipinski definition) is 7. The Hall–Kier alpha value is -3.53. The van der Waals surface area contributed by atoms with Gasteiger partial charge in [-0.3, -0.25) is 15.3 Å². The lowest BCUT2D eigenvalue weighted by Crippen LogP contribution is -2.27. The highest BCUT2D eigenvalue weighted by atomic mass is 32.2. The van der Waals surface area contributed by atoms with Crippen LogP contribution >= 0.6 is 23.1 Å². The molecule has 1 saturated heterocycles. The lowest BCUT2D eigenvalue weighted by atomic mass is 9.98. The van der Waals surface area contributed by atoms with E-state index in [4.69, 9.17) is 5.41 Å². The predicted molar refractivity (Wildman–Crippen MR) is 128 cm³/mol. The number of aromatic nitrogens is 3. The summed E-state index contributed by atoms with van der Waals surface area (Å²) < 4.78 is 0. The molecule has 0 unspecified atom stereocenters. The number of nitrogens with one attached hydrogen (secondary N) is 2. The molecule has 3 N–H and O–H groups in total. The second kappa shape index (κ2) is 8.54. The third-order valence-corrected chi connectivity index (χ3v) is 6.71. The number of amides is 1. The van der Waals surface area contributed by atoms with Crippen LogP contribution in [0.1, 0.15) is 11.1 Å². The molecule has 2 aromatic heterocycles. The monoisotopic (exact) mass is 459 g/mol. The highest BCUT2D eigenvalue weighted by Gasteiger charge is 2.35. The molecule has 0 spiro atoms. The van der Waals surface area contributed by atoms with Crippen molar-refractivity contribution in [2.45, 2.75) is 6.61 Å². The van der Waals surface area contributed by atoms with E-state index in [1.807, 2.05) is 48.5 Å². The summed E-state index contributed by atoms with van der Waals surface area (Å²) in [5.74, 6) is -0.266. The quantitative estimate of drug-likeness (QED) is 0.374. The van der Waals surface area contributed by atoms with Gasteiger partial charge in [0.05, 0.1) is 23.4 Å². The van der Waals surface area contributed by atoms with E-state index in [0.717, 1.165) is 45.3 Å². The number of anilines is 1. The molecule has 0 bridgehead atoms. The van der Waals surface area contributed by atoms with E-state index in [1.165, 1.54) is 16.2 Å². The second-order valence-corrected chi connectivity index (χ2v) is 8.87. The van der Waals surface area contributed by atoms with E-state index in [9.17, 15) is 9.90 Å². The van der Waals surface area contributed by atoms with Crippen molar-refractivity contribution >= 4 is 45.4 Å². The van der Waals surface area contributed by atoms with E-state index < -0.39 is 0 Å². The Bertz CT molecular complexity index is 1330. The number of nitrogens with zero attached hydrogens (tertiary/aromatic N) is 3. The molecule has 7 nitrogen and oxygen atoms in total. The Morgan fingerprint density at radius 3 is 2.66 bits per heavy atom. The minimum Gasteiger partial charge on any atom is -0.392 e. The number of carbonyl (C=O) groups excluding carboxylic acids is 1. The Morgan fingerprint density at radius 2 is 1.91 bits per heavy atom. The number of amidine groups is 1. The van der Waals surface area contributed by atoms with Gasteiger partial charge in [0.25, 0.3) is 5.91 Å². The number of aliphatic hydroxyl groups excluding tert-OH is 1. The van der Waals surface area contributed by atoms with Crippen LogP contribution in [-0.2, 0) is 11.4 Å². The number of rotatable bonds is 5. The van der Waals surface area contributed by atoms with E-state index in [2.05, 4.69) is 15.2 Å². The number of aliphatic hydroxyl groups is 1. The number of aromatic amines is 1. The fourth-order valence-electron chi connectivity index (χ4n) is 3.52. The van der Waals surface area contributed by atoms with Crippen LogP contribution in [0.2, 0.25) is 0 Å². The molecule has 0 aliphatic carbocycles. The Balaban J connectivity index is 1.44. The first kappa shape index (κ1) is 20.4. The molecule has 1 aliphatic rings. The third kappa shape index (κ3) is 3.66. The molecule has 158 valence electrons. The molecule has 1 aliphatic heterocycles. The zero-order chi connectivity index (χ0) is 22.1. The van der Waals surface area contributed by atoms with Gasteiger partial charge in [0.2, 0.25) is 0 Å². The SMILES string of the molecule is N=C1S/C(=C\c2cn[nH]c2-c2ccc(-c3ccccc3CO)cc2)C(=O)N1c1nccs1. The van der Waals surface area contributed by atoms with Crippen LogP contribution in [0.25, 0.3) is 28.5 Å². The predicted octanol–water partition coefficient (Wildman–Crippen LogP) is 4.75. The van der Waals surface area contributed by atoms with Crippen LogP contribution in [0.15, 0.2) is 71.2 Å². The van der Waals surface area contributed by atoms with Crippen LogP contribution in [0.4, 0.5) is 5.13 Å². The molecule has 32 heavy (non-hydrogen) atoms. The lowest BCUT2D eigenvalue weighted by Gasteiger charge is -2.09. The molecule has 1 fully saturated rings. The molecule has 0 radical (unpaired) electrons. The van der Waals surface area contributed by atoms with Gasteiger partial charge in [-0.25, -0.2) is 9.88 Å². The second-order valence-electron chi connectivity index (χ2n) is 6.96. The molecular weight excluding hydrogens is 442 g/mol. The highest BCUT2D eigenvalue weighted by molar-refractivity contribution is 8.19. The van der Waals surface area contributed by atoms with E-state index >= 15 is 0 Å². The van der Waals surface area contributed by atoms with Gasteiger partial charge in [0.1, 0.15) is 0 Å². The first-order valence-corrected chi connectivity index (χ1v) is 11.4. The maximum absolute atomic E-state index is 12.9. The Labute approximate surface area is 192 Å². The van der Waals surface area contributed by atoms with Gasteiger partial charge in [-0.1, -0.05) is 48.5 Å². The summed E-state index contributed by atoms with van der Waals surface area (Å²) in [5, 5.41) is 27.4. The van der Waals surface area contributed by atoms with Crippen molar-refractivity contribution < 1.29 is 9.90 Å². The first-order valence-electron chi connectivity index (χ1n) is 9.70. The Kier molecular flexibility index (Phi) is 5.44. The van der Waals surface area contributed by atoms with Crippen molar-refractivity contribution in [3.8, 4) is 22.4 Å². The molecule has 1 amide bonds. The minimum atomic E-state index is -0.266. The zero-order valence-corrected chi connectivity index (χ0v) is 18.3. The van der Waals surface area contributed by atoms with Crippen molar-refractivity contribution in [3.63, 3.8) is 0 Å². The van der Waals surface area contributed by atoms with Gasteiger partial charge in [0, 0.05) is 22.7 Å². The Morgan fingerprint density at radius 1 is 1.12 bits per heavy atom. The van der Waals surface area contributed by atoms with Gasteiger partial charge >= 0.3 is 0 Å². The lowest BCUT2D eigenvalue weighted by molar-refractivity contribution is -0.113. The van der Waals surface area contributed by atoms with Crippen molar-refractivity contribution in [2.24, 2.45) is 0 Å². The van der Waals surface area contributed by atoms with Gasteiger partial charge in [0.15, 0.2) is 10.3 Å². The molecular formula is C23H17N5O2S2. The number of thiazole rings is 1. The van der Waals surface area contributed by atoms with Crippen molar-refractivity contribution in [2.75, 3.05) is 4.90 Å². The number of carbonyl (C=O) groups is 1. The van der Waals surface area contributed by atoms with Crippen molar-refractivity contribution in [3.05, 3.63) is 82.3 Å². The fourth-order valence-corrected chi connectivity index (χ4v) is 5.06. The molecule has 3 heterocycles. The van der Waals surface area contributed by atoms with Crippen molar-refractivity contribution in [1.82, 2.24) is 15.2 Å². The van der Waals surface area contributed by atoms with Crippen LogP contribution in [0.5, 0.6) is 0 Å². The first-order chi connectivity index (χ1) is 15.7. The smallest absolute Gasteiger partial charge is 0.273 e. The summed E-state index contributed by atoms with van der Waals surface area (Å²) in [6.45, 7) is -0.0189. The number of benzene rings is 2. The number of H-pyrrole nitrogens is 1. The summed E-state index contributed by atoms with van der Waals surface area (Å²) in [4.78, 5) is 18.8. The van der Waals surface area contributed by atoms with Gasteiger partial charge in [-0.15, -0.1) is 11.3 Å². The molecule has 5 rings (SSSR count). The minimum absolute atomic E-state index is 0.0189. The maximum Gasteiger partial charge on any atom is 0.273 e. The largest absolute Gasteiger partial charge is 0.392 e. The van der Waals surface area contributed by atoms with Gasteiger partial charge < -0.3 is 5.11 Å². The topological polar surface area (TPSA) is 106 Å². The van der Waals surface area contributed by atoms with Crippen LogP contribution in [0.3, 0.4) is 0 Å². The highest BCUT2D eigenvalue weighted by Crippen LogP contribution is 2.37. The van der Waals surface area contributed by atoms with E-state index in [1.54, 1.807) is 23.8 Å². The summed E-state index contributed by atoms with van der Waals surface area (Å²) in [6.07, 6.45) is 5.04. The maximum atomic E-state index is 12.9. The van der Waals surface area contributed by atoms with E-state index in [-0.39, 0.29) is 17.7 Å². The summed E-state index contributed by atoms with van der Waals surface area (Å²) in [5.41, 5.74) is 5.33. The average molecular weight is 460 g/mol.